The molecule has 0 aromatic heterocycles. The van der Waals surface area contributed by atoms with Crippen molar-refractivity contribution in [2.24, 2.45) is 0 Å². The third kappa shape index (κ3) is 5.64. The van der Waals surface area contributed by atoms with E-state index < -0.39 is 47.4 Å². The van der Waals surface area contributed by atoms with Gasteiger partial charge in [-0.1, -0.05) is 12.1 Å². The van der Waals surface area contributed by atoms with Crippen molar-refractivity contribution in [2.75, 3.05) is 0 Å². The Bertz CT molecular complexity index is 900. The number of ketones is 1. The lowest BCUT2D eigenvalue weighted by atomic mass is 9.80. The molecule has 2 aromatic rings. The molecular weight excluding hydrogens is 429 g/mol. The fraction of sp³-hybridized carbons (Fsp3) is 0.409. The van der Waals surface area contributed by atoms with E-state index in [1.807, 2.05) is 0 Å². The van der Waals surface area contributed by atoms with Gasteiger partial charge in [0, 0.05) is 18.8 Å². The van der Waals surface area contributed by atoms with Crippen LogP contribution in [0.5, 0.6) is 0 Å². The summed E-state index contributed by atoms with van der Waals surface area (Å²) in [5, 5.41) is 0. The van der Waals surface area contributed by atoms with Gasteiger partial charge in [-0.2, -0.15) is 26.3 Å². The Kier molecular flexibility index (Phi) is 6.45. The maximum absolute atomic E-state index is 13.2. The van der Waals surface area contributed by atoms with Crippen LogP contribution in [0, 0.1) is 5.82 Å². The maximum Gasteiger partial charge on any atom is 0.416 e. The van der Waals surface area contributed by atoms with Gasteiger partial charge in [0.2, 0.25) is 0 Å². The quantitative estimate of drug-likeness (QED) is 0.479. The number of hydrogen-bond donors (Lipinski definition) is 0. The van der Waals surface area contributed by atoms with E-state index in [4.69, 9.17) is 4.74 Å². The molecular formula is C22H19F7O2. The second-order valence-electron chi connectivity index (χ2n) is 7.60. The number of rotatable bonds is 4. The van der Waals surface area contributed by atoms with Crippen molar-refractivity contribution in [1.29, 1.82) is 0 Å². The van der Waals surface area contributed by atoms with E-state index in [9.17, 15) is 35.5 Å². The average molecular weight is 448 g/mol. The number of alkyl halides is 6. The highest BCUT2D eigenvalue weighted by molar-refractivity contribution is 5.80. The summed E-state index contributed by atoms with van der Waals surface area (Å²) < 4.78 is 98.0. The molecule has 0 N–H and O–H groups in total. The van der Waals surface area contributed by atoms with Gasteiger partial charge < -0.3 is 4.74 Å². The van der Waals surface area contributed by atoms with Crippen molar-refractivity contribution in [3.63, 3.8) is 0 Å². The normalized spacial score (nSPS) is 21.2. The number of Topliss-reactive ketones (excluding diaryl/α,β-unsaturated/α-hetero) is 1. The molecule has 0 amide bonds. The first-order chi connectivity index (χ1) is 14.3. The van der Waals surface area contributed by atoms with Crippen molar-refractivity contribution < 1.29 is 40.3 Å². The molecule has 0 radical (unpaired) electrons. The minimum Gasteiger partial charge on any atom is -0.370 e. The topological polar surface area (TPSA) is 26.3 Å². The van der Waals surface area contributed by atoms with Gasteiger partial charge in [-0.05, 0) is 54.8 Å². The van der Waals surface area contributed by atoms with Crippen LogP contribution in [-0.2, 0) is 21.9 Å². The third-order valence-corrected chi connectivity index (χ3v) is 5.36. The molecule has 1 saturated carbocycles. The largest absolute Gasteiger partial charge is 0.416 e. The molecule has 2 nitrogen and oxygen atoms in total. The van der Waals surface area contributed by atoms with Crippen LogP contribution in [0.15, 0.2) is 42.5 Å². The predicted molar refractivity (Wildman–Crippen MR) is 97.7 cm³/mol. The van der Waals surface area contributed by atoms with Gasteiger partial charge in [0.15, 0.2) is 0 Å². The lowest BCUT2D eigenvalue weighted by Crippen LogP contribution is -2.31. The van der Waals surface area contributed by atoms with E-state index in [1.165, 1.54) is 31.2 Å². The molecule has 0 unspecified atom stereocenters. The first-order valence-corrected chi connectivity index (χ1v) is 9.56. The van der Waals surface area contributed by atoms with E-state index in [1.54, 1.807) is 0 Å². The van der Waals surface area contributed by atoms with Gasteiger partial charge >= 0.3 is 12.4 Å². The van der Waals surface area contributed by atoms with Crippen molar-refractivity contribution in [3.8, 4) is 0 Å². The van der Waals surface area contributed by atoms with E-state index in [-0.39, 0.29) is 36.7 Å². The Morgan fingerprint density at radius 1 is 0.935 bits per heavy atom. The van der Waals surface area contributed by atoms with Crippen LogP contribution in [0.4, 0.5) is 30.7 Å². The minimum absolute atomic E-state index is 0.0414. The zero-order valence-corrected chi connectivity index (χ0v) is 16.4. The van der Waals surface area contributed by atoms with Crippen LogP contribution in [0.3, 0.4) is 0 Å². The summed E-state index contributed by atoms with van der Waals surface area (Å²) in [6.45, 7) is 1.37. The molecule has 1 aliphatic rings. The third-order valence-electron chi connectivity index (χ3n) is 5.36. The Balaban J connectivity index is 1.90. The van der Waals surface area contributed by atoms with E-state index in [0.717, 1.165) is 0 Å². The fourth-order valence-electron chi connectivity index (χ4n) is 3.74. The molecule has 168 valence electrons. The number of carbonyl (C=O) groups excluding carboxylic acids is 1. The van der Waals surface area contributed by atoms with Crippen LogP contribution in [-0.4, -0.2) is 11.9 Å². The summed E-state index contributed by atoms with van der Waals surface area (Å²) in [7, 11) is 0. The molecule has 3 rings (SSSR count). The SMILES string of the molecule is C[C@@H](O[C@H]1CCC(=O)C[C@@H]1c1ccc(F)cc1)c1cc(C(F)(F)F)cc(C(F)(F)F)c1. The average Bonchev–Trinajstić information content (AvgIpc) is 2.68. The molecule has 0 heterocycles. The molecule has 0 aliphatic heterocycles. The van der Waals surface area contributed by atoms with Crippen LogP contribution < -0.4 is 0 Å². The van der Waals surface area contributed by atoms with Crippen LogP contribution >= 0.6 is 0 Å². The second-order valence-corrected chi connectivity index (χ2v) is 7.60. The van der Waals surface area contributed by atoms with Crippen molar-refractivity contribution in [2.45, 2.75) is 56.7 Å². The second kappa shape index (κ2) is 8.61. The molecule has 1 aliphatic carbocycles. The highest BCUT2D eigenvalue weighted by Crippen LogP contribution is 2.40. The van der Waals surface area contributed by atoms with E-state index in [0.29, 0.717) is 17.7 Å². The molecule has 1 fully saturated rings. The van der Waals surface area contributed by atoms with E-state index in [2.05, 4.69) is 0 Å². The molecule has 2 aromatic carbocycles. The van der Waals surface area contributed by atoms with Crippen LogP contribution in [0.1, 0.15) is 60.5 Å². The Labute approximate surface area is 174 Å². The molecule has 0 bridgehead atoms. The first kappa shape index (κ1) is 23.2. The summed E-state index contributed by atoms with van der Waals surface area (Å²) >= 11 is 0. The fourth-order valence-corrected chi connectivity index (χ4v) is 3.74. The maximum atomic E-state index is 13.2. The molecule has 0 spiro atoms. The van der Waals surface area contributed by atoms with E-state index >= 15 is 0 Å². The number of halogens is 7. The van der Waals surface area contributed by atoms with Gasteiger partial charge in [-0.15, -0.1) is 0 Å². The van der Waals surface area contributed by atoms with Crippen molar-refractivity contribution in [1.82, 2.24) is 0 Å². The summed E-state index contributed by atoms with van der Waals surface area (Å²) in [6.07, 6.45) is -11.1. The number of ether oxygens (including phenoxy) is 1. The zero-order chi connectivity index (χ0) is 23.0. The van der Waals surface area contributed by atoms with Gasteiger partial charge in [0.1, 0.15) is 11.6 Å². The monoisotopic (exact) mass is 448 g/mol. The highest BCUT2D eigenvalue weighted by Gasteiger charge is 2.38. The smallest absolute Gasteiger partial charge is 0.370 e. The lowest BCUT2D eigenvalue weighted by molar-refractivity contribution is -0.143. The standard InChI is InChI=1S/C22H19F7O2/c1-12(14-8-15(21(24,25)26)10-16(9-14)22(27,28)29)31-20-7-6-18(30)11-19(20)13-2-4-17(23)5-3-13/h2-5,8-10,12,19-20H,6-7,11H2,1H3/t12-,19-,20+/m1/s1. The van der Waals surface area contributed by atoms with Gasteiger partial charge in [-0.3, -0.25) is 4.79 Å². The molecule has 31 heavy (non-hydrogen) atoms. The summed E-state index contributed by atoms with van der Waals surface area (Å²) in [5.41, 5.74) is -2.48. The Morgan fingerprint density at radius 3 is 2.00 bits per heavy atom. The van der Waals surface area contributed by atoms with Crippen molar-refractivity contribution >= 4 is 5.78 Å². The van der Waals surface area contributed by atoms with Crippen LogP contribution in [0.25, 0.3) is 0 Å². The summed E-state index contributed by atoms with van der Waals surface area (Å²) in [5.74, 6) is -0.988. The number of carbonyl (C=O) groups is 1. The predicted octanol–water partition coefficient (Wildman–Crippen LogP) is 6.85. The Morgan fingerprint density at radius 2 is 1.48 bits per heavy atom. The zero-order valence-electron chi connectivity index (χ0n) is 16.4. The molecule has 9 heteroatoms. The highest BCUT2D eigenvalue weighted by atomic mass is 19.4. The minimum atomic E-state index is -4.95. The Hall–Kier alpha value is -2.42. The van der Waals surface area contributed by atoms with Gasteiger partial charge in [0.25, 0.3) is 0 Å². The summed E-state index contributed by atoms with van der Waals surface area (Å²) in [4.78, 5) is 11.9. The number of hydrogen-bond acceptors (Lipinski definition) is 2. The van der Waals surface area contributed by atoms with Gasteiger partial charge in [-0.25, -0.2) is 4.39 Å². The first-order valence-electron chi connectivity index (χ1n) is 9.56. The number of benzene rings is 2. The summed E-state index contributed by atoms with van der Waals surface area (Å²) in [6, 6.07) is 6.77. The molecule has 0 saturated heterocycles. The molecule has 3 atom stereocenters. The van der Waals surface area contributed by atoms with Crippen LogP contribution in [0.2, 0.25) is 0 Å². The lowest BCUT2D eigenvalue weighted by Gasteiger charge is -2.33. The van der Waals surface area contributed by atoms with Gasteiger partial charge in [0.05, 0.1) is 23.3 Å². The van der Waals surface area contributed by atoms with Crippen molar-refractivity contribution in [3.05, 3.63) is 70.5 Å².